The first-order valence-corrected chi connectivity index (χ1v) is 8.83. The highest BCUT2D eigenvalue weighted by molar-refractivity contribution is 8.00. The van der Waals surface area contributed by atoms with Crippen molar-refractivity contribution in [3.63, 3.8) is 0 Å². The van der Waals surface area contributed by atoms with Gasteiger partial charge >= 0.3 is 6.18 Å². The van der Waals surface area contributed by atoms with Crippen LogP contribution >= 0.6 is 11.8 Å². The van der Waals surface area contributed by atoms with Crippen molar-refractivity contribution in [1.82, 2.24) is 5.32 Å². The number of halogens is 3. The maximum absolute atomic E-state index is 13.0. The summed E-state index contributed by atoms with van der Waals surface area (Å²) in [5.41, 5.74) is -0.184. The molecule has 0 saturated heterocycles. The van der Waals surface area contributed by atoms with Gasteiger partial charge in [-0.3, -0.25) is 0 Å². The van der Waals surface area contributed by atoms with Crippen molar-refractivity contribution in [2.75, 3.05) is 24.8 Å². The standard InChI is InChI=1S/C12H16F3NO2S2/c1-16-8-9-3-4-11(10(7-9)12(13,14)15)19-5-6-20(2,17)18/h3-4,7,16H,5-6,8H2,1-2H3. The molecule has 0 fully saturated rings. The van der Waals surface area contributed by atoms with Crippen molar-refractivity contribution in [3.8, 4) is 0 Å². The van der Waals surface area contributed by atoms with Crippen molar-refractivity contribution in [3.05, 3.63) is 29.3 Å². The Labute approximate surface area is 120 Å². The molecule has 0 radical (unpaired) electrons. The van der Waals surface area contributed by atoms with Crippen LogP contribution in [0.4, 0.5) is 13.2 Å². The van der Waals surface area contributed by atoms with Gasteiger partial charge in [0.05, 0.1) is 11.3 Å². The van der Waals surface area contributed by atoms with E-state index in [0.29, 0.717) is 12.1 Å². The lowest BCUT2D eigenvalue weighted by atomic mass is 10.1. The van der Waals surface area contributed by atoms with Gasteiger partial charge < -0.3 is 5.32 Å². The summed E-state index contributed by atoms with van der Waals surface area (Å²) in [6.07, 6.45) is -3.38. The molecule has 1 aromatic carbocycles. The summed E-state index contributed by atoms with van der Waals surface area (Å²) >= 11 is 0.908. The second kappa shape index (κ2) is 6.82. The van der Waals surface area contributed by atoms with Gasteiger partial charge in [-0.05, 0) is 24.7 Å². The number of hydrogen-bond donors (Lipinski definition) is 1. The fourth-order valence-corrected chi connectivity index (χ4v) is 3.80. The van der Waals surface area contributed by atoms with Crippen LogP contribution in [0.15, 0.2) is 23.1 Å². The second-order valence-corrected chi connectivity index (χ2v) is 7.73. The van der Waals surface area contributed by atoms with E-state index in [4.69, 9.17) is 0 Å². The normalized spacial score (nSPS) is 12.7. The minimum atomic E-state index is -4.45. The third-order valence-electron chi connectivity index (χ3n) is 2.44. The zero-order valence-corrected chi connectivity index (χ0v) is 12.8. The van der Waals surface area contributed by atoms with Crippen molar-refractivity contribution in [2.45, 2.75) is 17.6 Å². The first-order chi connectivity index (χ1) is 9.13. The van der Waals surface area contributed by atoms with E-state index < -0.39 is 21.6 Å². The number of rotatable bonds is 6. The van der Waals surface area contributed by atoms with Gasteiger partial charge in [-0.1, -0.05) is 6.07 Å². The Hall–Kier alpha value is -0.730. The minimum Gasteiger partial charge on any atom is -0.316 e. The summed E-state index contributed by atoms with van der Waals surface area (Å²) in [5.74, 6) is -0.0412. The molecule has 3 nitrogen and oxygen atoms in total. The van der Waals surface area contributed by atoms with Crippen LogP contribution in [0.25, 0.3) is 0 Å². The Kier molecular flexibility index (Phi) is 5.91. The quantitative estimate of drug-likeness (QED) is 0.816. The van der Waals surface area contributed by atoms with Gasteiger partial charge in [0.1, 0.15) is 9.84 Å². The topological polar surface area (TPSA) is 46.2 Å². The molecule has 1 N–H and O–H groups in total. The van der Waals surface area contributed by atoms with E-state index in [9.17, 15) is 21.6 Å². The number of benzene rings is 1. The van der Waals surface area contributed by atoms with E-state index in [1.54, 1.807) is 13.1 Å². The molecule has 0 amide bonds. The van der Waals surface area contributed by atoms with Gasteiger partial charge in [0.25, 0.3) is 0 Å². The first-order valence-electron chi connectivity index (χ1n) is 5.79. The molecular formula is C12H16F3NO2S2. The third-order valence-corrected chi connectivity index (χ3v) is 4.72. The van der Waals surface area contributed by atoms with E-state index in [1.165, 1.54) is 6.07 Å². The minimum absolute atomic E-state index is 0.0565. The monoisotopic (exact) mass is 327 g/mol. The van der Waals surface area contributed by atoms with E-state index in [-0.39, 0.29) is 16.4 Å². The predicted octanol–water partition coefficient (Wildman–Crippen LogP) is 2.56. The smallest absolute Gasteiger partial charge is 0.316 e. The molecule has 114 valence electrons. The van der Waals surface area contributed by atoms with Crippen LogP contribution in [0, 0.1) is 0 Å². The van der Waals surface area contributed by atoms with E-state index in [0.717, 1.165) is 24.1 Å². The first kappa shape index (κ1) is 17.3. The van der Waals surface area contributed by atoms with E-state index in [1.807, 2.05) is 0 Å². The Morgan fingerprint density at radius 2 is 1.95 bits per heavy atom. The zero-order chi connectivity index (χ0) is 15.4. The Morgan fingerprint density at radius 3 is 2.45 bits per heavy atom. The summed E-state index contributed by atoms with van der Waals surface area (Å²) in [4.78, 5) is 0.0565. The third kappa shape index (κ3) is 5.72. The summed E-state index contributed by atoms with van der Waals surface area (Å²) in [7, 11) is -1.52. The molecule has 0 unspecified atom stereocenters. The fourth-order valence-electron chi connectivity index (χ4n) is 1.54. The van der Waals surface area contributed by atoms with Crippen LogP contribution in [-0.4, -0.2) is 33.2 Å². The van der Waals surface area contributed by atoms with Crippen molar-refractivity contribution in [2.24, 2.45) is 0 Å². The summed E-state index contributed by atoms with van der Waals surface area (Å²) in [6.45, 7) is 0.345. The number of hydrogen-bond acceptors (Lipinski definition) is 4. The van der Waals surface area contributed by atoms with Gasteiger partial charge in [0.15, 0.2) is 0 Å². The van der Waals surface area contributed by atoms with Crippen LogP contribution < -0.4 is 5.32 Å². The van der Waals surface area contributed by atoms with Crippen LogP contribution in [0.5, 0.6) is 0 Å². The highest BCUT2D eigenvalue weighted by Crippen LogP contribution is 2.37. The van der Waals surface area contributed by atoms with Crippen LogP contribution in [0.2, 0.25) is 0 Å². The van der Waals surface area contributed by atoms with Crippen molar-refractivity contribution < 1.29 is 21.6 Å². The summed E-state index contributed by atoms with van der Waals surface area (Å²) in [5, 5.41) is 2.79. The van der Waals surface area contributed by atoms with Crippen LogP contribution in [0.1, 0.15) is 11.1 Å². The van der Waals surface area contributed by atoms with Crippen molar-refractivity contribution >= 4 is 21.6 Å². The van der Waals surface area contributed by atoms with E-state index >= 15 is 0 Å². The lowest BCUT2D eigenvalue weighted by Gasteiger charge is -2.14. The number of alkyl halides is 3. The van der Waals surface area contributed by atoms with Crippen molar-refractivity contribution in [1.29, 1.82) is 0 Å². The largest absolute Gasteiger partial charge is 0.417 e. The van der Waals surface area contributed by atoms with Gasteiger partial charge in [-0.25, -0.2) is 8.42 Å². The molecule has 0 spiro atoms. The number of sulfone groups is 1. The maximum Gasteiger partial charge on any atom is 0.417 e. The molecule has 0 aliphatic heterocycles. The van der Waals surface area contributed by atoms with Gasteiger partial charge in [0.2, 0.25) is 0 Å². The second-order valence-electron chi connectivity index (χ2n) is 4.34. The Morgan fingerprint density at radius 1 is 1.30 bits per heavy atom. The Balaban J connectivity index is 2.94. The highest BCUT2D eigenvalue weighted by Gasteiger charge is 2.33. The number of thioether (sulfide) groups is 1. The zero-order valence-electron chi connectivity index (χ0n) is 11.1. The predicted molar refractivity (Wildman–Crippen MR) is 74.6 cm³/mol. The molecular weight excluding hydrogens is 311 g/mol. The average Bonchev–Trinajstić information content (AvgIpc) is 2.28. The van der Waals surface area contributed by atoms with Gasteiger partial charge in [-0.2, -0.15) is 13.2 Å². The summed E-state index contributed by atoms with van der Waals surface area (Å²) < 4.78 is 60.9. The molecule has 0 aliphatic carbocycles. The lowest BCUT2D eigenvalue weighted by Crippen LogP contribution is -2.11. The van der Waals surface area contributed by atoms with Crippen LogP contribution in [0.3, 0.4) is 0 Å². The Bertz CT molecular complexity index is 556. The number of nitrogens with one attached hydrogen (secondary N) is 1. The fraction of sp³-hybridized carbons (Fsp3) is 0.500. The molecule has 0 bridgehead atoms. The molecule has 20 heavy (non-hydrogen) atoms. The highest BCUT2D eigenvalue weighted by atomic mass is 32.2. The molecule has 0 aliphatic rings. The molecule has 8 heteroatoms. The maximum atomic E-state index is 13.0. The van der Waals surface area contributed by atoms with E-state index in [2.05, 4.69) is 5.32 Å². The summed E-state index contributed by atoms with van der Waals surface area (Å²) in [6, 6.07) is 4.09. The SMILES string of the molecule is CNCc1ccc(SCCS(C)(=O)=O)c(C(F)(F)F)c1. The molecule has 1 rings (SSSR count). The molecule has 1 aromatic rings. The lowest BCUT2D eigenvalue weighted by molar-refractivity contribution is -0.139. The molecule has 0 aromatic heterocycles. The average molecular weight is 327 g/mol. The molecule has 0 saturated carbocycles. The van der Waals surface area contributed by atoms with Crippen LogP contribution in [-0.2, 0) is 22.6 Å². The molecule has 0 atom stereocenters. The van der Waals surface area contributed by atoms with Gasteiger partial charge in [0, 0.05) is 23.4 Å². The van der Waals surface area contributed by atoms with Gasteiger partial charge in [-0.15, -0.1) is 11.8 Å². The molecule has 0 heterocycles.